The van der Waals surface area contributed by atoms with E-state index in [0.29, 0.717) is 28.6 Å². The van der Waals surface area contributed by atoms with Crippen molar-refractivity contribution in [1.29, 1.82) is 0 Å². The van der Waals surface area contributed by atoms with Crippen LogP contribution in [0.4, 0.5) is 0 Å². The first-order chi connectivity index (χ1) is 13.7. The summed E-state index contributed by atoms with van der Waals surface area (Å²) in [6.07, 6.45) is 3.49. The molecule has 0 unspecified atom stereocenters. The number of carbonyl (C=O) groups is 2. The standard InChI is InChI=1S/C22H34N4O2S/c1-13(2)19(24-20(27)17-11-7-6-9-15(17)4)21(28)25-26-22(29)23-18-12-8-10-14(3)16(18)5/h6-7,9,11,13-14,16,18-19H,8,10,12H2,1-5H3,(H,24,27)(H,25,28)(H2,23,26,29)/t14-,16-,18-,19-/m0/s1. The van der Waals surface area contributed by atoms with E-state index >= 15 is 0 Å². The molecule has 1 aliphatic rings. The van der Waals surface area contributed by atoms with Crippen LogP contribution in [0.15, 0.2) is 24.3 Å². The number of rotatable bonds is 5. The number of carbonyl (C=O) groups excluding carboxylic acids is 2. The zero-order chi connectivity index (χ0) is 21.6. The lowest BCUT2D eigenvalue weighted by Gasteiger charge is -2.35. The molecule has 160 valence electrons. The van der Waals surface area contributed by atoms with Crippen molar-refractivity contribution in [3.63, 3.8) is 0 Å². The molecule has 0 bridgehead atoms. The van der Waals surface area contributed by atoms with E-state index in [1.165, 1.54) is 12.8 Å². The molecule has 0 radical (unpaired) electrons. The smallest absolute Gasteiger partial charge is 0.261 e. The van der Waals surface area contributed by atoms with E-state index in [2.05, 4.69) is 35.3 Å². The van der Waals surface area contributed by atoms with Crippen LogP contribution in [-0.4, -0.2) is 29.0 Å². The average molecular weight is 419 g/mol. The number of amides is 2. The van der Waals surface area contributed by atoms with E-state index < -0.39 is 6.04 Å². The normalized spacial score (nSPS) is 22.5. The summed E-state index contributed by atoms with van der Waals surface area (Å²) in [5.41, 5.74) is 6.87. The van der Waals surface area contributed by atoms with Crippen LogP contribution in [0, 0.1) is 24.7 Å². The molecule has 2 amide bonds. The number of benzene rings is 1. The first-order valence-corrected chi connectivity index (χ1v) is 10.8. The Bertz CT molecular complexity index is 737. The van der Waals surface area contributed by atoms with Gasteiger partial charge in [0.2, 0.25) is 0 Å². The highest BCUT2D eigenvalue weighted by molar-refractivity contribution is 7.80. The van der Waals surface area contributed by atoms with Crippen molar-refractivity contribution < 1.29 is 9.59 Å². The Balaban J connectivity index is 1.90. The number of thiocarbonyl (C=S) groups is 1. The van der Waals surface area contributed by atoms with Crippen molar-refractivity contribution in [3.8, 4) is 0 Å². The fourth-order valence-electron chi connectivity index (χ4n) is 3.77. The van der Waals surface area contributed by atoms with Crippen molar-refractivity contribution in [2.75, 3.05) is 0 Å². The van der Waals surface area contributed by atoms with E-state index in [4.69, 9.17) is 12.2 Å². The van der Waals surface area contributed by atoms with Gasteiger partial charge in [-0.05, 0) is 54.9 Å². The molecule has 4 atom stereocenters. The van der Waals surface area contributed by atoms with Gasteiger partial charge in [-0.25, -0.2) is 0 Å². The topological polar surface area (TPSA) is 82.3 Å². The van der Waals surface area contributed by atoms with E-state index in [0.717, 1.165) is 12.0 Å². The van der Waals surface area contributed by atoms with Crippen molar-refractivity contribution in [2.24, 2.45) is 17.8 Å². The summed E-state index contributed by atoms with van der Waals surface area (Å²) in [5, 5.41) is 6.55. The van der Waals surface area contributed by atoms with Crippen LogP contribution in [0.3, 0.4) is 0 Å². The Morgan fingerprint density at radius 2 is 1.79 bits per heavy atom. The zero-order valence-corrected chi connectivity index (χ0v) is 18.9. The van der Waals surface area contributed by atoms with Gasteiger partial charge < -0.3 is 10.6 Å². The summed E-state index contributed by atoms with van der Waals surface area (Å²) in [4.78, 5) is 25.3. The average Bonchev–Trinajstić information content (AvgIpc) is 2.67. The van der Waals surface area contributed by atoms with Crippen LogP contribution < -0.4 is 21.5 Å². The highest BCUT2D eigenvalue weighted by atomic mass is 32.1. The maximum atomic E-state index is 12.7. The van der Waals surface area contributed by atoms with Gasteiger partial charge >= 0.3 is 0 Å². The van der Waals surface area contributed by atoms with Crippen molar-refractivity contribution >= 4 is 29.1 Å². The third-order valence-corrected chi connectivity index (χ3v) is 6.17. The van der Waals surface area contributed by atoms with Crippen LogP contribution in [0.25, 0.3) is 0 Å². The fraction of sp³-hybridized carbons (Fsp3) is 0.591. The van der Waals surface area contributed by atoms with Crippen LogP contribution in [0.5, 0.6) is 0 Å². The van der Waals surface area contributed by atoms with Crippen LogP contribution >= 0.6 is 12.2 Å². The summed E-state index contributed by atoms with van der Waals surface area (Å²) in [6.45, 7) is 10.2. The van der Waals surface area contributed by atoms with Gasteiger partial charge in [0.05, 0.1) is 0 Å². The minimum Gasteiger partial charge on any atom is -0.358 e. The number of nitrogens with one attached hydrogen (secondary N) is 4. The van der Waals surface area contributed by atoms with Gasteiger partial charge in [-0.2, -0.15) is 0 Å². The molecule has 0 aromatic heterocycles. The molecular weight excluding hydrogens is 384 g/mol. The van der Waals surface area contributed by atoms with Crippen LogP contribution in [-0.2, 0) is 4.79 Å². The molecule has 1 saturated carbocycles. The van der Waals surface area contributed by atoms with Gasteiger partial charge in [-0.3, -0.25) is 20.4 Å². The van der Waals surface area contributed by atoms with Gasteiger partial charge in [-0.1, -0.05) is 58.7 Å². The van der Waals surface area contributed by atoms with Crippen molar-refractivity contribution in [1.82, 2.24) is 21.5 Å². The summed E-state index contributed by atoms with van der Waals surface area (Å²) < 4.78 is 0. The van der Waals surface area contributed by atoms with E-state index in [9.17, 15) is 9.59 Å². The lowest BCUT2D eigenvalue weighted by atomic mass is 9.78. The summed E-state index contributed by atoms with van der Waals surface area (Å²) in [7, 11) is 0. The Morgan fingerprint density at radius 3 is 2.45 bits per heavy atom. The van der Waals surface area contributed by atoms with E-state index in [1.807, 2.05) is 39.0 Å². The quantitative estimate of drug-likeness (QED) is 0.436. The second kappa shape index (κ2) is 10.6. The molecule has 4 N–H and O–H groups in total. The van der Waals surface area contributed by atoms with Gasteiger partial charge in [0.1, 0.15) is 6.04 Å². The number of hydrogen-bond donors (Lipinski definition) is 4. The summed E-state index contributed by atoms with van der Waals surface area (Å²) >= 11 is 5.35. The lowest BCUT2D eigenvalue weighted by molar-refractivity contribution is -0.124. The van der Waals surface area contributed by atoms with E-state index in [1.54, 1.807) is 6.07 Å². The molecule has 1 fully saturated rings. The molecule has 0 aliphatic heterocycles. The van der Waals surface area contributed by atoms with Gasteiger partial charge in [-0.15, -0.1) is 0 Å². The molecule has 2 rings (SSSR count). The SMILES string of the molecule is Cc1ccccc1C(=O)N[C@H](C(=O)NNC(=S)N[C@H]1CCC[C@H](C)[C@@H]1C)C(C)C. The predicted octanol–water partition coefficient (Wildman–Crippen LogP) is 3.07. The lowest BCUT2D eigenvalue weighted by Crippen LogP contribution is -2.57. The first kappa shape index (κ1) is 23.1. The molecule has 0 saturated heterocycles. The van der Waals surface area contributed by atoms with Crippen LogP contribution in [0.2, 0.25) is 0 Å². The molecule has 1 aromatic carbocycles. The first-order valence-electron chi connectivity index (χ1n) is 10.4. The van der Waals surface area contributed by atoms with Gasteiger partial charge in [0.25, 0.3) is 11.8 Å². The maximum absolute atomic E-state index is 12.7. The van der Waals surface area contributed by atoms with E-state index in [-0.39, 0.29) is 17.7 Å². The minimum atomic E-state index is -0.675. The largest absolute Gasteiger partial charge is 0.358 e. The molecule has 7 heteroatoms. The van der Waals surface area contributed by atoms with Gasteiger partial charge in [0, 0.05) is 11.6 Å². The molecular formula is C22H34N4O2S. The third kappa shape index (κ3) is 6.42. The molecule has 0 heterocycles. The van der Waals surface area contributed by atoms with Crippen LogP contribution in [0.1, 0.15) is 62.9 Å². The minimum absolute atomic E-state index is 0.0782. The molecule has 1 aromatic rings. The predicted molar refractivity (Wildman–Crippen MR) is 120 cm³/mol. The number of hydrazine groups is 1. The Kier molecular flexibility index (Phi) is 8.44. The number of hydrogen-bond acceptors (Lipinski definition) is 3. The Labute approximate surface area is 179 Å². The summed E-state index contributed by atoms with van der Waals surface area (Å²) in [5.74, 6) is 0.515. The number of aryl methyl sites for hydroxylation is 1. The van der Waals surface area contributed by atoms with Gasteiger partial charge in [0.15, 0.2) is 5.11 Å². The highest BCUT2D eigenvalue weighted by Crippen LogP contribution is 2.29. The molecule has 6 nitrogen and oxygen atoms in total. The molecule has 29 heavy (non-hydrogen) atoms. The molecule has 1 aliphatic carbocycles. The fourth-order valence-corrected chi connectivity index (χ4v) is 3.97. The Hall–Kier alpha value is -2.15. The zero-order valence-electron chi connectivity index (χ0n) is 18.0. The monoisotopic (exact) mass is 418 g/mol. The highest BCUT2D eigenvalue weighted by Gasteiger charge is 2.28. The van der Waals surface area contributed by atoms with Crippen molar-refractivity contribution in [3.05, 3.63) is 35.4 Å². The molecule has 0 spiro atoms. The maximum Gasteiger partial charge on any atom is 0.261 e. The second-order valence-electron chi connectivity index (χ2n) is 8.47. The Morgan fingerprint density at radius 1 is 1.10 bits per heavy atom. The second-order valence-corrected chi connectivity index (χ2v) is 8.88. The summed E-state index contributed by atoms with van der Waals surface area (Å²) in [6, 6.07) is 6.94. The third-order valence-electron chi connectivity index (χ3n) is 5.95. The van der Waals surface area contributed by atoms with Crippen molar-refractivity contribution in [2.45, 2.75) is 66.0 Å².